The Hall–Kier alpha value is -3.12. The van der Waals surface area contributed by atoms with Gasteiger partial charge >= 0.3 is 0 Å². The molecule has 0 saturated heterocycles. The molecule has 6 heteroatoms. The number of hydrogen-bond donors (Lipinski definition) is 1. The maximum atomic E-state index is 12.7. The van der Waals surface area contributed by atoms with E-state index < -0.39 is 0 Å². The van der Waals surface area contributed by atoms with Crippen LogP contribution in [-0.4, -0.2) is 23.8 Å². The Morgan fingerprint density at radius 1 is 1.04 bits per heavy atom. The molecule has 0 fully saturated rings. The number of carbonyl (C=O) groups excluding carboxylic acids is 2. The van der Waals surface area contributed by atoms with E-state index in [0.29, 0.717) is 16.8 Å². The Kier molecular flexibility index (Phi) is 4.18. The molecule has 0 radical (unpaired) electrons. The number of rotatable bonds is 2. The number of pyridine rings is 1. The van der Waals surface area contributed by atoms with E-state index >= 15 is 0 Å². The second-order valence-corrected chi connectivity index (χ2v) is 6.92. The molecule has 2 heterocycles. The summed E-state index contributed by atoms with van der Waals surface area (Å²) in [6.07, 6.45) is 3.17. The Morgan fingerprint density at radius 2 is 1.81 bits per heavy atom. The fraction of sp³-hybridized carbons (Fsp3) is 0.0500. The lowest BCUT2D eigenvalue weighted by atomic mass is 10.2. The standard InChI is InChI=1S/C20H15N3O2S/c1-23-16-7-6-14(22-19(24)13-8-10-21-11-9-13)12-18(16)26-17-5-3-2-4-15(17)20(23)25/h2-12H,1H3,(H,22,24). The number of nitrogens with zero attached hydrogens (tertiary/aromatic N) is 2. The summed E-state index contributed by atoms with van der Waals surface area (Å²) >= 11 is 1.52. The maximum absolute atomic E-state index is 12.7. The van der Waals surface area contributed by atoms with Crippen LogP contribution in [0.2, 0.25) is 0 Å². The molecule has 1 aromatic heterocycles. The molecule has 1 N–H and O–H groups in total. The fourth-order valence-corrected chi connectivity index (χ4v) is 3.94. The van der Waals surface area contributed by atoms with Crippen molar-refractivity contribution >= 4 is 35.0 Å². The predicted octanol–water partition coefficient (Wildman–Crippen LogP) is 4.08. The molecule has 2 amide bonds. The van der Waals surface area contributed by atoms with Crippen LogP contribution in [0.15, 0.2) is 76.8 Å². The Bertz CT molecular complexity index is 1000. The van der Waals surface area contributed by atoms with Gasteiger partial charge in [0.15, 0.2) is 0 Å². The SMILES string of the molecule is CN1C(=O)c2ccccc2Sc2cc(NC(=O)c3ccncc3)ccc21. The van der Waals surface area contributed by atoms with Crippen LogP contribution >= 0.6 is 11.8 Å². The van der Waals surface area contributed by atoms with Gasteiger partial charge in [-0.25, -0.2) is 0 Å². The summed E-state index contributed by atoms with van der Waals surface area (Å²) in [5, 5.41) is 2.90. The molecule has 26 heavy (non-hydrogen) atoms. The average Bonchev–Trinajstić information content (AvgIpc) is 2.78. The van der Waals surface area contributed by atoms with Crippen LogP contribution in [0.1, 0.15) is 20.7 Å². The van der Waals surface area contributed by atoms with E-state index in [1.54, 1.807) is 42.5 Å². The van der Waals surface area contributed by atoms with E-state index in [4.69, 9.17) is 0 Å². The average molecular weight is 361 g/mol. The van der Waals surface area contributed by atoms with Gasteiger partial charge in [-0.05, 0) is 42.5 Å². The van der Waals surface area contributed by atoms with Crippen molar-refractivity contribution in [3.8, 4) is 0 Å². The molecule has 3 aromatic rings. The number of hydrogen-bond acceptors (Lipinski definition) is 4. The smallest absolute Gasteiger partial charge is 0.259 e. The molecule has 128 valence electrons. The van der Waals surface area contributed by atoms with Crippen molar-refractivity contribution in [2.45, 2.75) is 9.79 Å². The molecule has 5 nitrogen and oxygen atoms in total. The van der Waals surface area contributed by atoms with Gasteiger partial charge in [0.25, 0.3) is 11.8 Å². The van der Waals surface area contributed by atoms with Gasteiger partial charge in [-0.15, -0.1) is 0 Å². The van der Waals surface area contributed by atoms with E-state index in [-0.39, 0.29) is 11.8 Å². The number of anilines is 2. The van der Waals surface area contributed by atoms with Crippen LogP contribution in [-0.2, 0) is 0 Å². The summed E-state index contributed by atoms with van der Waals surface area (Å²) in [5.41, 5.74) is 2.72. The van der Waals surface area contributed by atoms with Crippen molar-refractivity contribution in [1.29, 1.82) is 0 Å². The highest BCUT2D eigenvalue weighted by molar-refractivity contribution is 7.99. The highest BCUT2D eigenvalue weighted by atomic mass is 32.2. The minimum atomic E-state index is -0.198. The lowest BCUT2D eigenvalue weighted by Crippen LogP contribution is -2.26. The van der Waals surface area contributed by atoms with Crippen molar-refractivity contribution in [2.24, 2.45) is 0 Å². The second-order valence-electron chi connectivity index (χ2n) is 5.83. The van der Waals surface area contributed by atoms with Crippen molar-refractivity contribution < 1.29 is 9.59 Å². The molecule has 0 unspecified atom stereocenters. The molecule has 1 aliphatic rings. The van der Waals surface area contributed by atoms with Gasteiger partial charge in [-0.1, -0.05) is 23.9 Å². The Morgan fingerprint density at radius 3 is 2.62 bits per heavy atom. The van der Waals surface area contributed by atoms with Gasteiger partial charge in [0.1, 0.15) is 0 Å². The third-order valence-electron chi connectivity index (χ3n) is 4.16. The number of nitrogens with one attached hydrogen (secondary N) is 1. The van der Waals surface area contributed by atoms with Gasteiger partial charge in [-0.3, -0.25) is 14.6 Å². The van der Waals surface area contributed by atoms with Crippen molar-refractivity contribution in [1.82, 2.24) is 4.98 Å². The third-order valence-corrected chi connectivity index (χ3v) is 5.29. The molecular formula is C20H15N3O2S. The van der Waals surface area contributed by atoms with E-state index in [1.165, 1.54) is 11.8 Å². The van der Waals surface area contributed by atoms with Gasteiger partial charge < -0.3 is 10.2 Å². The minimum absolute atomic E-state index is 0.0413. The van der Waals surface area contributed by atoms with Gasteiger partial charge in [0, 0.05) is 40.5 Å². The molecule has 1 aliphatic heterocycles. The topological polar surface area (TPSA) is 62.3 Å². The van der Waals surface area contributed by atoms with Crippen LogP contribution in [0.3, 0.4) is 0 Å². The van der Waals surface area contributed by atoms with Crippen molar-refractivity contribution in [3.63, 3.8) is 0 Å². The first-order valence-corrected chi connectivity index (χ1v) is 8.85. The first kappa shape index (κ1) is 16.4. The monoisotopic (exact) mass is 361 g/mol. The minimum Gasteiger partial charge on any atom is -0.322 e. The van der Waals surface area contributed by atoms with Crippen LogP contribution in [0, 0.1) is 0 Å². The summed E-state index contributed by atoms with van der Waals surface area (Å²) in [4.78, 5) is 32.4. The fourth-order valence-electron chi connectivity index (χ4n) is 2.80. The van der Waals surface area contributed by atoms with Crippen molar-refractivity contribution in [2.75, 3.05) is 17.3 Å². The lowest BCUT2D eigenvalue weighted by Gasteiger charge is -2.18. The zero-order chi connectivity index (χ0) is 18.1. The molecule has 0 saturated carbocycles. The second kappa shape index (κ2) is 6.65. The van der Waals surface area contributed by atoms with E-state index in [2.05, 4.69) is 10.3 Å². The van der Waals surface area contributed by atoms with Gasteiger partial charge in [-0.2, -0.15) is 0 Å². The molecule has 0 aliphatic carbocycles. The molecule has 0 spiro atoms. The summed E-state index contributed by atoms with van der Waals surface area (Å²) in [6, 6.07) is 16.4. The van der Waals surface area contributed by atoms with E-state index in [0.717, 1.165) is 15.5 Å². The largest absolute Gasteiger partial charge is 0.322 e. The van der Waals surface area contributed by atoms with Crippen LogP contribution in [0.4, 0.5) is 11.4 Å². The molecule has 0 atom stereocenters. The predicted molar refractivity (Wildman–Crippen MR) is 102 cm³/mol. The van der Waals surface area contributed by atoms with Crippen molar-refractivity contribution in [3.05, 3.63) is 78.1 Å². The highest BCUT2D eigenvalue weighted by Crippen LogP contribution is 2.41. The summed E-state index contributed by atoms with van der Waals surface area (Å²) < 4.78 is 0. The van der Waals surface area contributed by atoms with Gasteiger partial charge in [0.2, 0.25) is 0 Å². The first-order chi connectivity index (χ1) is 12.6. The number of aromatic nitrogens is 1. The summed E-state index contributed by atoms with van der Waals surface area (Å²) in [5.74, 6) is -0.240. The first-order valence-electron chi connectivity index (χ1n) is 8.04. The molecule has 2 aromatic carbocycles. The zero-order valence-electron chi connectivity index (χ0n) is 14.0. The summed E-state index contributed by atoms with van der Waals surface area (Å²) in [7, 11) is 1.76. The van der Waals surface area contributed by atoms with E-state index in [9.17, 15) is 9.59 Å². The number of carbonyl (C=O) groups is 2. The summed E-state index contributed by atoms with van der Waals surface area (Å²) in [6.45, 7) is 0. The van der Waals surface area contributed by atoms with Crippen LogP contribution in [0.5, 0.6) is 0 Å². The van der Waals surface area contributed by atoms with Crippen LogP contribution < -0.4 is 10.2 Å². The molecule has 0 bridgehead atoms. The molecule has 4 rings (SSSR count). The normalized spacial score (nSPS) is 12.8. The third kappa shape index (κ3) is 2.95. The lowest BCUT2D eigenvalue weighted by molar-refractivity contribution is 0.0988. The number of amides is 2. The molecular weight excluding hydrogens is 346 g/mol. The Labute approximate surface area is 155 Å². The Balaban J connectivity index is 1.68. The zero-order valence-corrected chi connectivity index (χ0v) is 14.8. The number of benzene rings is 2. The van der Waals surface area contributed by atoms with Crippen LogP contribution in [0.25, 0.3) is 0 Å². The highest BCUT2D eigenvalue weighted by Gasteiger charge is 2.24. The van der Waals surface area contributed by atoms with E-state index in [1.807, 2.05) is 36.4 Å². The van der Waals surface area contributed by atoms with Gasteiger partial charge in [0.05, 0.1) is 11.3 Å². The quantitative estimate of drug-likeness (QED) is 0.747. The number of fused-ring (bicyclic) bond motifs is 2. The maximum Gasteiger partial charge on any atom is 0.259 e.